The lowest BCUT2D eigenvalue weighted by Crippen LogP contribution is -2.08. The van der Waals surface area contributed by atoms with Gasteiger partial charge in [0.15, 0.2) is 0 Å². The van der Waals surface area contributed by atoms with Crippen LogP contribution in [0.3, 0.4) is 0 Å². The molecular formula is C16H22O2. The van der Waals surface area contributed by atoms with Crippen molar-refractivity contribution in [1.82, 2.24) is 0 Å². The van der Waals surface area contributed by atoms with E-state index in [-0.39, 0.29) is 0 Å². The number of hydrogen-bond donors (Lipinski definition) is 0. The normalized spacial score (nSPS) is 16.4. The van der Waals surface area contributed by atoms with Crippen LogP contribution >= 0.6 is 0 Å². The first-order valence-corrected chi connectivity index (χ1v) is 7.06. The van der Waals surface area contributed by atoms with E-state index in [9.17, 15) is 4.79 Å². The summed E-state index contributed by atoms with van der Waals surface area (Å²) in [6.07, 6.45) is 10.4. The van der Waals surface area contributed by atoms with Crippen molar-refractivity contribution < 1.29 is 9.53 Å². The summed E-state index contributed by atoms with van der Waals surface area (Å²) in [6, 6.07) is 7.32. The van der Waals surface area contributed by atoms with E-state index >= 15 is 0 Å². The van der Waals surface area contributed by atoms with Crippen molar-refractivity contribution in [2.24, 2.45) is 5.92 Å². The zero-order valence-electron chi connectivity index (χ0n) is 10.9. The second-order valence-corrected chi connectivity index (χ2v) is 5.18. The molecule has 0 amide bonds. The van der Waals surface area contributed by atoms with Gasteiger partial charge in [-0.05, 0) is 43.0 Å². The molecule has 1 fully saturated rings. The first kappa shape index (κ1) is 13.1. The standard InChI is InChI=1S/C16H22O2/c17-13-15-8-10-16(11-9-15)18-12-4-7-14-5-2-1-3-6-14/h8-11,13-14H,1-7,12H2. The Morgan fingerprint density at radius 1 is 1.11 bits per heavy atom. The lowest BCUT2D eigenvalue weighted by molar-refractivity contribution is 0.112. The second kappa shape index (κ2) is 7.20. The third kappa shape index (κ3) is 4.17. The number of hydrogen-bond acceptors (Lipinski definition) is 2. The minimum atomic E-state index is 0.699. The lowest BCUT2D eigenvalue weighted by atomic mass is 9.86. The van der Waals surface area contributed by atoms with Crippen molar-refractivity contribution in [2.75, 3.05) is 6.61 Å². The summed E-state index contributed by atoms with van der Waals surface area (Å²) < 4.78 is 5.68. The molecule has 0 saturated heterocycles. The van der Waals surface area contributed by atoms with Gasteiger partial charge in [0.2, 0.25) is 0 Å². The molecule has 0 aliphatic heterocycles. The molecular weight excluding hydrogens is 224 g/mol. The average molecular weight is 246 g/mol. The quantitative estimate of drug-likeness (QED) is 0.554. The molecule has 2 nitrogen and oxygen atoms in total. The van der Waals surface area contributed by atoms with Crippen molar-refractivity contribution in [3.05, 3.63) is 29.8 Å². The molecule has 1 aromatic rings. The molecule has 0 heterocycles. The Kier molecular flexibility index (Phi) is 5.25. The van der Waals surface area contributed by atoms with Gasteiger partial charge in [-0.1, -0.05) is 32.1 Å². The molecule has 2 heteroatoms. The third-order valence-electron chi connectivity index (χ3n) is 3.77. The molecule has 1 aromatic carbocycles. The highest BCUT2D eigenvalue weighted by molar-refractivity contribution is 5.74. The Labute approximate surface area is 109 Å². The number of aldehydes is 1. The summed E-state index contributed by atoms with van der Waals surface area (Å²) in [6.45, 7) is 0.789. The van der Waals surface area contributed by atoms with Crippen LogP contribution in [0.2, 0.25) is 0 Å². The first-order chi connectivity index (χ1) is 8.88. The maximum absolute atomic E-state index is 10.5. The Bertz CT molecular complexity index is 350. The lowest BCUT2D eigenvalue weighted by Gasteiger charge is -2.21. The molecule has 1 saturated carbocycles. The van der Waals surface area contributed by atoms with Crippen LogP contribution in [0.5, 0.6) is 5.75 Å². The Balaban J connectivity index is 1.63. The molecule has 0 aromatic heterocycles. The zero-order valence-corrected chi connectivity index (χ0v) is 10.9. The Hall–Kier alpha value is -1.31. The van der Waals surface area contributed by atoms with Crippen molar-refractivity contribution >= 4 is 6.29 Å². The molecule has 0 N–H and O–H groups in total. The maximum Gasteiger partial charge on any atom is 0.150 e. The van der Waals surface area contributed by atoms with Gasteiger partial charge in [-0.15, -0.1) is 0 Å². The third-order valence-corrected chi connectivity index (χ3v) is 3.77. The monoisotopic (exact) mass is 246 g/mol. The summed E-state index contributed by atoms with van der Waals surface area (Å²) in [5.74, 6) is 1.80. The SMILES string of the molecule is O=Cc1ccc(OCCCC2CCCCC2)cc1. The second-order valence-electron chi connectivity index (χ2n) is 5.18. The van der Waals surface area contributed by atoms with Crippen LogP contribution in [-0.2, 0) is 0 Å². The summed E-state index contributed by atoms with van der Waals surface area (Å²) >= 11 is 0. The summed E-state index contributed by atoms with van der Waals surface area (Å²) in [4.78, 5) is 10.5. The van der Waals surface area contributed by atoms with Crippen molar-refractivity contribution in [1.29, 1.82) is 0 Å². The first-order valence-electron chi connectivity index (χ1n) is 7.06. The average Bonchev–Trinajstić information content (AvgIpc) is 2.45. The van der Waals surface area contributed by atoms with Gasteiger partial charge in [-0.2, -0.15) is 0 Å². The Morgan fingerprint density at radius 2 is 1.83 bits per heavy atom. The number of rotatable bonds is 6. The van der Waals surface area contributed by atoms with Gasteiger partial charge < -0.3 is 4.74 Å². The van der Waals surface area contributed by atoms with Crippen LogP contribution in [0.4, 0.5) is 0 Å². The van der Waals surface area contributed by atoms with Crippen molar-refractivity contribution in [3.63, 3.8) is 0 Å². The van der Waals surface area contributed by atoms with Gasteiger partial charge in [0.25, 0.3) is 0 Å². The predicted octanol–water partition coefficient (Wildman–Crippen LogP) is 4.24. The molecule has 0 radical (unpaired) electrons. The van der Waals surface area contributed by atoms with Gasteiger partial charge in [0, 0.05) is 5.56 Å². The number of ether oxygens (including phenoxy) is 1. The highest BCUT2D eigenvalue weighted by Crippen LogP contribution is 2.27. The molecule has 98 valence electrons. The van der Waals surface area contributed by atoms with Gasteiger partial charge in [-0.25, -0.2) is 0 Å². The molecule has 18 heavy (non-hydrogen) atoms. The van der Waals surface area contributed by atoms with E-state index in [1.807, 2.05) is 12.1 Å². The van der Waals surface area contributed by atoms with E-state index in [2.05, 4.69) is 0 Å². The fourth-order valence-electron chi connectivity index (χ4n) is 2.68. The number of benzene rings is 1. The molecule has 2 rings (SSSR count). The zero-order chi connectivity index (χ0) is 12.6. The predicted molar refractivity (Wildman–Crippen MR) is 73.1 cm³/mol. The number of carbonyl (C=O) groups is 1. The van der Waals surface area contributed by atoms with E-state index in [1.165, 1.54) is 38.5 Å². The summed E-state index contributed by atoms with van der Waals surface area (Å²) in [7, 11) is 0. The summed E-state index contributed by atoms with van der Waals surface area (Å²) in [5.41, 5.74) is 0.699. The van der Waals surface area contributed by atoms with Crippen LogP contribution < -0.4 is 4.74 Å². The molecule has 0 atom stereocenters. The van der Waals surface area contributed by atoms with Gasteiger partial charge in [0.1, 0.15) is 12.0 Å². The Morgan fingerprint density at radius 3 is 2.50 bits per heavy atom. The molecule has 1 aliphatic rings. The van der Waals surface area contributed by atoms with Gasteiger partial charge in [0.05, 0.1) is 6.61 Å². The minimum absolute atomic E-state index is 0.699. The summed E-state index contributed by atoms with van der Waals surface area (Å²) in [5, 5.41) is 0. The smallest absolute Gasteiger partial charge is 0.150 e. The number of carbonyl (C=O) groups excluding carboxylic acids is 1. The highest BCUT2D eigenvalue weighted by atomic mass is 16.5. The van der Waals surface area contributed by atoms with Crippen molar-refractivity contribution in [3.8, 4) is 5.75 Å². The van der Waals surface area contributed by atoms with Gasteiger partial charge >= 0.3 is 0 Å². The van der Waals surface area contributed by atoms with Crippen LogP contribution in [-0.4, -0.2) is 12.9 Å². The van der Waals surface area contributed by atoms with E-state index < -0.39 is 0 Å². The minimum Gasteiger partial charge on any atom is -0.494 e. The van der Waals surface area contributed by atoms with E-state index in [0.717, 1.165) is 31.0 Å². The van der Waals surface area contributed by atoms with Gasteiger partial charge in [-0.3, -0.25) is 4.79 Å². The topological polar surface area (TPSA) is 26.3 Å². The van der Waals surface area contributed by atoms with E-state index in [4.69, 9.17) is 4.74 Å². The highest BCUT2D eigenvalue weighted by Gasteiger charge is 2.12. The van der Waals surface area contributed by atoms with Crippen LogP contribution in [0, 0.1) is 5.92 Å². The molecule has 0 spiro atoms. The van der Waals surface area contributed by atoms with Crippen LogP contribution in [0.1, 0.15) is 55.3 Å². The molecule has 0 unspecified atom stereocenters. The van der Waals surface area contributed by atoms with Crippen molar-refractivity contribution in [2.45, 2.75) is 44.9 Å². The van der Waals surface area contributed by atoms with E-state index in [1.54, 1.807) is 12.1 Å². The van der Waals surface area contributed by atoms with E-state index in [0.29, 0.717) is 5.56 Å². The maximum atomic E-state index is 10.5. The fourth-order valence-corrected chi connectivity index (χ4v) is 2.68. The fraction of sp³-hybridized carbons (Fsp3) is 0.562. The van der Waals surface area contributed by atoms with Crippen LogP contribution in [0.25, 0.3) is 0 Å². The molecule has 1 aliphatic carbocycles. The largest absolute Gasteiger partial charge is 0.494 e. The molecule has 0 bridgehead atoms. The van der Waals surface area contributed by atoms with Crippen LogP contribution in [0.15, 0.2) is 24.3 Å².